The number of hydrogen-bond donors (Lipinski definition) is 2. The number of thioether (sulfide) groups is 1. The second-order valence-electron chi connectivity index (χ2n) is 9.18. The van der Waals surface area contributed by atoms with Crippen LogP contribution in [0.15, 0.2) is 42.5 Å². The minimum Gasteiger partial charge on any atom is -0.480 e. The monoisotopic (exact) mass is 497 g/mol. The molecular formula is C28H35NO5S. The van der Waals surface area contributed by atoms with Gasteiger partial charge in [0.05, 0.1) is 5.92 Å². The maximum Gasteiger partial charge on any atom is 0.326 e. The first-order valence-corrected chi connectivity index (χ1v) is 13.6. The first-order chi connectivity index (χ1) is 16.8. The summed E-state index contributed by atoms with van der Waals surface area (Å²) in [5.74, 6) is -1.61. The number of hydrogen-bond acceptors (Lipinski definition) is 5. The van der Waals surface area contributed by atoms with Crippen LogP contribution >= 0.6 is 11.8 Å². The maximum absolute atomic E-state index is 13.2. The molecule has 35 heavy (non-hydrogen) atoms. The van der Waals surface area contributed by atoms with Crippen LogP contribution in [0.3, 0.4) is 0 Å². The van der Waals surface area contributed by atoms with Crippen LogP contribution in [0.5, 0.6) is 0 Å². The standard InChI is InChI=1S/C28H35NO5S/c1-18-9-7-8-12-22(18)24-17-20(19(2)28(33)34-21-10-5-4-6-11-21)13-14-23(24)26(30)29-25(27(31)32)15-16-35-3/h7-9,12-14,17,19,21,25H,4-6,10-11,15-16H2,1-3H3,(H,29,30)(H,31,32). The number of ether oxygens (including phenoxy) is 1. The van der Waals surface area contributed by atoms with Gasteiger partial charge in [0.25, 0.3) is 5.91 Å². The molecule has 6 nitrogen and oxygen atoms in total. The van der Waals surface area contributed by atoms with Gasteiger partial charge < -0.3 is 15.2 Å². The molecule has 2 N–H and O–H groups in total. The highest BCUT2D eigenvalue weighted by atomic mass is 32.2. The van der Waals surface area contributed by atoms with Gasteiger partial charge in [0, 0.05) is 5.56 Å². The second kappa shape index (κ2) is 12.8. The number of aliphatic carboxylic acids is 1. The van der Waals surface area contributed by atoms with E-state index < -0.39 is 23.8 Å². The number of carbonyl (C=O) groups excluding carboxylic acids is 2. The molecule has 2 aromatic carbocycles. The van der Waals surface area contributed by atoms with Crippen molar-refractivity contribution in [3.05, 3.63) is 59.2 Å². The molecule has 0 bridgehead atoms. The molecule has 0 saturated heterocycles. The Kier molecular flexibility index (Phi) is 9.78. The van der Waals surface area contributed by atoms with Gasteiger partial charge in [-0.2, -0.15) is 11.8 Å². The molecule has 7 heteroatoms. The number of benzene rings is 2. The zero-order valence-electron chi connectivity index (χ0n) is 20.7. The van der Waals surface area contributed by atoms with Crippen molar-refractivity contribution >= 4 is 29.6 Å². The predicted octanol–water partition coefficient (Wildman–Crippen LogP) is 5.58. The highest BCUT2D eigenvalue weighted by Crippen LogP contribution is 2.32. The summed E-state index contributed by atoms with van der Waals surface area (Å²) in [5.41, 5.74) is 3.66. The lowest BCUT2D eigenvalue weighted by atomic mass is 9.90. The van der Waals surface area contributed by atoms with Crippen LogP contribution in [-0.4, -0.2) is 47.1 Å². The third-order valence-corrected chi connectivity index (χ3v) is 7.27. The van der Waals surface area contributed by atoms with E-state index >= 15 is 0 Å². The molecule has 3 rings (SSSR count). The van der Waals surface area contributed by atoms with Crippen molar-refractivity contribution in [2.75, 3.05) is 12.0 Å². The molecule has 1 aliphatic rings. The van der Waals surface area contributed by atoms with Gasteiger partial charge in [0.15, 0.2) is 0 Å². The van der Waals surface area contributed by atoms with Crippen LogP contribution < -0.4 is 5.32 Å². The van der Waals surface area contributed by atoms with E-state index in [0.29, 0.717) is 23.3 Å². The zero-order chi connectivity index (χ0) is 25.4. The minimum atomic E-state index is -1.06. The molecule has 188 valence electrons. The van der Waals surface area contributed by atoms with Crippen molar-refractivity contribution in [1.29, 1.82) is 0 Å². The van der Waals surface area contributed by atoms with E-state index in [2.05, 4.69) is 5.32 Å². The van der Waals surface area contributed by atoms with Crippen LogP contribution in [-0.2, 0) is 14.3 Å². The first kappa shape index (κ1) is 26.8. The molecule has 1 saturated carbocycles. The Morgan fingerprint density at radius 1 is 1.09 bits per heavy atom. The van der Waals surface area contributed by atoms with Gasteiger partial charge in [0.2, 0.25) is 0 Å². The fourth-order valence-electron chi connectivity index (χ4n) is 4.44. The topological polar surface area (TPSA) is 92.7 Å². The van der Waals surface area contributed by atoms with E-state index in [1.54, 1.807) is 12.1 Å². The lowest BCUT2D eigenvalue weighted by Gasteiger charge is -2.24. The molecule has 0 spiro atoms. The summed E-state index contributed by atoms with van der Waals surface area (Å²) in [6.45, 7) is 3.79. The van der Waals surface area contributed by atoms with Crippen LogP contribution in [0, 0.1) is 6.92 Å². The Labute approximate surface area is 211 Å². The van der Waals surface area contributed by atoms with Gasteiger partial charge in [0.1, 0.15) is 12.1 Å². The van der Waals surface area contributed by atoms with E-state index in [4.69, 9.17) is 4.74 Å². The molecule has 0 radical (unpaired) electrons. The van der Waals surface area contributed by atoms with Crippen molar-refractivity contribution in [2.24, 2.45) is 0 Å². The number of amides is 1. The summed E-state index contributed by atoms with van der Waals surface area (Å²) in [5, 5.41) is 12.2. The van der Waals surface area contributed by atoms with E-state index in [0.717, 1.165) is 42.4 Å². The summed E-state index contributed by atoms with van der Waals surface area (Å²) in [6.07, 6.45) is 7.39. The lowest BCUT2D eigenvalue weighted by molar-refractivity contribution is -0.152. The summed E-state index contributed by atoms with van der Waals surface area (Å²) in [6, 6.07) is 12.1. The zero-order valence-corrected chi connectivity index (χ0v) is 21.5. The Balaban J connectivity index is 1.91. The molecule has 0 aromatic heterocycles. The fraction of sp³-hybridized carbons (Fsp3) is 0.464. The minimum absolute atomic E-state index is 0.0196. The molecule has 1 amide bonds. The van der Waals surface area contributed by atoms with Crippen molar-refractivity contribution in [2.45, 2.75) is 70.4 Å². The third kappa shape index (κ3) is 7.10. The highest BCUT2D eigenvalue weighted by Gasteiger charge is 2.26. The molecular weight excluding hydrogens is 462 g/mol. The van der Waals surface area contributed by atoms with Gasteiger partial charge in [-0.15, -0.1) is 0 Å². The second-order valence-corrected chi connectivity index (χ2v) is 10.2. The summed E-state index contributed by atoms with van der Waals surface area (Å²) in [4.78, 5) is 37.8. The summed E-state index contributed by atoms with van der Waals surface area (Å²) in [7, 11) is 0. The van der Waals surface area contributed by atoms with Crippen molar-refractivity contribution in [3.8, 4) is 11.1 Å². The Hall–Kier alpha value is -2.80. The van der Waals surface area contributed by atoms with E-state index in [9.17, 15) is 19.5 Å². The van der Waals surface area contributed by atoms with Crippen LogP contribution in [0.4, 0.5) is 0 Å². The third-order valence-electron chi connectivity index (χ3n) is 6.63. The largest absolute Gasteiger partial charge is 0.480 e. The number of rotatable bonds is 10. The summed E-state index contributed by atoms with van der Waals surface area (Å²) < 4.78 is 5.79. The Morgan fingerprint density at radius 2 is 1.80 bits per heavy atom. The van der Waals surface area contributed by atoms with E-state index in [1.165, 1.54) is 18.2 Å². The van der Waals surface area contributed by atoms with Gasteiger partial charge in [-0.1, -0.05) is 36.8 Å². The number of carbonyl (C=O) groups is 3. The van der Waals surface area contributed by atoms with Crippen LogP contribution in [0.2, 0.25) is 0 Å². The number of aryl methyl sites for hydroxylation is 1. The number of esters is 1. The number of nitrogens with one attached hydrogen (secondary N) is 1. The van der Waals surface area contributed by atoms with E-state index in [1.807, 2.05) is 50.4 Å². The van der Waals surface area contributed by atoms with Crippen molar-refractivity contribution in [3.63, 3.8) is 0 Å². The predicted molar refractivity (Wildman–Crippen MR) is 140 cm³/mol. The lowest BCUT2D eigenvalue weighted by Crippen LogP contribution is -2.41. The number of carboxylic acids is 1. The maximum atomic E-state index is 13.2. The average Bonchev–Trinajstić information content (AvgIpc) is 2.86. The van der Waals surface area contributed by atoms with Gasteiger partial charge in [-0.05, 0) is 92.3 Å². The average molecular weight is 498 g/mol. The molecule has 2 aromatic rings. The molecule has 1 fully saturated rings. The van der Waals surface area contributed by atoms with Crippen LogP contribution in [0.1, 0.15) is 72.9 Å². The quantitative estimate of drug-likeness (QED) is 0.417. The first-order valence-electron chi connectivity index (χ1n) is 12.2. The van der Waals surface area contributed by atoms with Crippen LogP contribution in [0.25, 0.3) is 11.1 Å². The Morgan fingerprint density at radius 3 is 2.46 bits per heavy atom. The fourth-order valence-corrected chi connectivity index (χ4v) is 4.91. The Bertz CT molecular complexity index is 1050. The SMILES string of the molecule is CSCCC(NC(=O)c1ccc(C(C)C(=O)OC2CCCCC2)cc1-c1ccccc1C)C(=O)O. The van der Waals surface area contributed by atoms with Crippen molar-refractivity contribution < 1.29 is 24.2 Å². The van der Waals surface area contributed by atoms with Gasteiger partial charge in [-0.3, -0.25) is 9.59 Å². The molecule has 2 unspecified atom stereocenters. The molecule has 1 aliphatic carbocycles. The number of carboxylic acid groups (broad SMARTS) is 1. The smallest absolute Gasteiger partial charge is 0.326 e. The van der Waals surface area contributed by atoms with Gasteiger partial charge in [-0.25, -0.2) is 4.79 Å². The molecule has 0 heterocycles. The normalized spacial score (nSPS) is 15.7. The highest BCUT2D eigenvalue weighted by molar-refractivity contribution is 7.98. The van der Waals surface area contributed by atoms with E-state index in [-0.39, 0.29) is 12.1 Å². The van der Waals surface area contributed by atoms with Crippen molar-refractivity contribution in [1.82, 2.24) is 5.32 Å². The molecule has 0 aliphatic heterocycles. The molecule has 2 atom stereocenters. The van der Waals surface area contributed by atoms with Gasteiger partial charge >= 0.3 is 11.9 Å². The summed E-state index contributed by atoms with van der Waals surface area (Å²) >= 11 is 1.53.